The summed E-state index contributed by atoms with van der Waals surface area (Å²) in [5.74, 6) is -0.906. The number of unbranched alkanes of at least 4 members (excludes halogenated alkanes) is 28. The fraction of sp³-hybridized carbons (Fsp3) is 0.800. The first kappa shape index (κ1) is 58.4. The molecule has 0 saturated heterocycles. The molecule has 1 atom stereocenters. The van der Waals surface area contributed by atoms with E-state index in [1.807, 2.05) is 0 Å². The van der Waals surface area contributed by atoms with E-state index in [0.717, 1.165) is 96.3 Å². The van der Waals surface area contributed by atoms with Crippen molar-refractivity contribution in [1.82, 2.24) is 0 Å². The Bertz CT molecular complexity index is 1070. The number of carbonyl (C=O) groups is 3. The molecule has 0 heterocycles. The van der Waals surface area contributed by atoms with Crippen LogP contribution in [-0.4, -0.2) is 37.2 Å². The van der Waals surface area contributed by atoms with Crippen molar-refractivity contribution in [2.75, 3.05) is 13.2 Å². The molecule has 354 valence electrons. The zero-order valence-electron chi connectivity index (χ0n) is 40.4. The highest BCUT2D eigenvalue weighted by Crippen LogP contribution is 2.16. The standard InChI is InChI=1S/C55H98O6/c1-4-7-10-13-16-19-22-25-27-28-29-31-33-36-39-42-45-48-54(57)60-51-52(50-59-53(56)47-44-41-38-35-32-24-21-18-15-12-9-6-3)61-55(58)49-46-43-40-37-34-30-26-23-20-17-14-11-8-5-2/h8,11,17-18,20-21,26,30,52H,4-7,9-10,12-16,19,22-25,27-29,31-51H2,1-3H3/b11-8-,20-17-,21-18-,30-26-. The van der Waals surface area contributed by atoms with Crippen LogP contribution in [0.25, 0.3) is 0 Å². The second-order valence-electron chi connectivity index (χ2n) is 17.4. The molecule has 0 N–H and O–H groups in total. The molecule has 0 bridgehead atoms. The third-order valence-corrected chi connectivity index (χ3v) is 11.3. The minimum absolute atomic E-state index is 0.0825. The van der Waals surface area contributed by atoms with Gasteiger partial charge in [0.05, 0.1) is 0 Å². The van der Waals surface area contributed by atoms with Crippen molar-refractivity contribution in [3.05, 3.63) is 48.6 Å². The summed E-state index contributed by atoms with van der Waals surface area (Å²) < 4.78 is 16.8. The number of hydrogen-bond donors (Lipinski definition) is 0. The van der Waals surface area contributed by atoms with Gasteiger partial charge in [-0.1, -0.05) is 217 Å². The van der Waals surface area contributed by atoms with Crippen LogP contribution in [0.1, 0.15) is 265 Å². The first-order valence-electron chi connectivity index (χ1n) is 26.1. The number of hydrogen-bond acceptors (Lipinski definition) is 6. The first-order valence-corrected chi connectivity index (χ1v) is 26.1. The van der Waals surface area contributed by atoms with E-state index in [4.69, 9.17) is 14.2 Å². The number of rotatable bonds is 47. The van der Waals surface area contributed by atoms with E-state index in [2.05, 4.69) is 69.4 Å². The van der Waals surface area contributed by atoms with E-state index in [1.165, 1.54) is 128 Å². The average Bonchev–Trinajstić information content (AvgIpc) is 3.26. The molecular formula is C55H98O6. The summed E-state index contributed by atoms with van der Waals surface area (Å²) in [5.41, 5.74) is 0. The van der Waals surface area contributed by atoms with Crippen LogP contribution < -0.4 is 0 Å². The molecule has 0 spiro atoms. The van der Waals surface area contributed by atoms with E-state index < -0.39 is 6.10 Å². The molecule has 0 amide bonds. The Morgan fingerprint density at radius 3 is 1.05 bits per heavy atom. The van der Waals surface area contributed by atoms with E-state index >= 15 is 0 Å². The zero-order valence-corrected chi connectivity index (χ0v) is 40.4. The second-order valence-corrected chi connectivity index (χ2v) is 17.4. The third-order valence-electron chi connectivity index (χ3n) is 11.3. The van der Waals surface area contributed by atoms with Gasteiger partial charge in [-0.05, 0) is 77.0 Å². The molecule has 6 heteroatoms. The minimum Gasteiger partial charge on any atom is -0.462 e. The Morgan fingerprint density at radius 1 is 0.344 bits per heavy atom. The molecular weight excluding hydrogens is 757 g/mol. The minimum atomic E-state index is -0.784. The SMILES string of the molecule is CC/C=C\C/C=C\C/C=C\CCCCCCC(=O)OC(COC(=O)CCCCCCC/C=C\CCCCC)COC(=O)CCCCCCCCCCCCCCCCCCC. The first-order chi connectivity index (χ1) is 30.0. The lowest BCUT2D eigenvalue weighted by Crippen LogP contribution is -2.30. The monoisotopic (exact) mass is 855 g/mol. The molecule has 0 aromatic heterocycles. The summed E-state index contributed by atoms with van der Waals surface area (Å²) >= 11 is 0. The van der Waals surface area contributed by atoms with Crippen LogP contribution >= 0.6 is 0 Å². The van der Waals surface area contributed by atoms with Gasteiger partial charge in [0.2, 0.25) is 0 Å². The molecule has 0 aliphatic rings. The summed E-state index contributed by atoms with van der Waals surface area (Å²) in [6.45, 7) is 6.49. The van der Waals surface area contributed by atoms with Crippen molar-refractivity contribution >= 4 is 17.9 Å². The van der Waals surface area contributed by atoms with E-state index in [0.29, 0.717) is 19.3 Å². The number of esters is 3. The highest BCUT2D eigenvalue weighted by atomic mass is 16.6. The fourth-order valence-corrected chi connectivity index (χ4v) is 7.39. The topological polar surface area (TPSA) is 78.9 Å². The van der Waals surface area contributed by atoms with Gasteiger partial charge in [0.25, 0.3) is 0 Å². The van der Waals surface area contributed by atoms with Crippen molar-refractivity contribution in [3.8, 4) is 0 Å². The number of allylic oxidation sites excluding steroid dienone is 8. The Morgan fingerprint density at radius 2 is 0.639 bits per heavy atom. The highest BCUT2D eigenvalue weighted by Gasteiger charge is 2.19. The van der Waals surface area contributed by atoms with Crippen molar-refractivity contribution in [2.45, 2.75) is 271 Å². The summed E-state index contributed by atoms with van der Waals surface area (Å²) in [4.78, 5) is 37.9. The highest BCUT2D eigenvalue weighted by molar-refractivity contribution is 5.71. The van der Waals surface area contributed by atoms with E-state index in [9.17, 15) is 14.4 Å². The van der Waals surface area contributed by atoms with Gasteiger partial charge in [-0.2, -0.15) is 0 Å². The Hall–Kier alpha value is -2.63. The zero-order chi connectivity index (χ0) is 44.4. The van der Waals surface area contributed by atoms with Crippen molar-refractivity contribution in [1.29, 1.82) is 0 Å². The number of carbonyl (C=O) groups excluding carboxylic acids is 3. The average molecular weight is 855 g/mol. The van der Waals surface area contributed by atoms with Crippen LogP contribution in [-0.2, 0) is 28.6 Å². The smallest absolute Gasteiger partial charge is 0.306 e. The van der Waals surface area contributed by atoms with Crippen LogP contribution in [0.15, 0.2) is 48.6 Å². The lowest BCUT2D eigenvalue weighted by molar-refractivity contribution is -0.167. The van der Waals surface area contributed by atoms with E-state index in [1.54, 1.807) is 0 Å². The largest absolute Gasteiger partial charge is 0.462 e. The molecule has 0 aromatic rings. The summed E-state index contributed by atoms with van der Waals surface area (Å²) in [6, 6.07) is 0. The van der Waals surface area contributed by atoms with E-state index in [-0.39, 0.29) is 31.1 Å². The van der Waals surface area contributed by atoms with Crippen molar-refractivity contribution < 1.29 is 28.6 Å². The van der Waals surface area contributed by atoms with Gasteiger partial charge in [-0.15, -0.1) is 0 Å². The molecule has 61 heavy (non-hydrogen) atoms. The van der Waals surface area contributed by atoms with Gasteiger partial charge >= 0.3 is 17.9 Å². The van der Waals surface area contributed by atoms with Crippen LogP contribution in [0.5, 0.6) is 0 Å². The Labute approximate surface area is 378 Å². The molecule has 1 unspecified atom stereocenters. The third kappa shape index (κ3) is 48.3. The molecule has 0 fully saturated rings. The summed E-state index contributed by atoms with van der Waals surface area (Å²) in [5, 5.41) is 0. The van der Waals surface area contributed by atoms with Crippen molar-refractivity contribution in [2.24, 2.45) is 0 Å². The van der Waals surface area contributed by atoms with Crippen LogP contribution in [0, 0.1) is 0 Å². The molecule has 0 aromatic carbocycles. The predicted octanol–water partition coefficient (Wildman–Crippen LogP) is 17.1. The lowest BCUT2D eigenvalue weighted by atomic mass is 10.0. The molecule has 6 nitrogen and oxygen atoms in total. The Balaban J connectivity index is 4.37. The van der Waals surface area contributed by atoms with Gasteiger partial charge < -0.3 is 14.2 Å². The molecule has 0 rings (SSSR count). The summed E-state index contributed by atoms with van der Waals surface area (Å²) in [6.07, 6.45) is 59.5. The Kier molecular flexibility index (Phi) is 47.9. The fourth-order valence-electron chi connectivity index (χ4n) is 7.39. The predicted molar refractivity (Wildman–Crippen MR) is 261 cm³/mol. The van der Waals surface area contributed by atoms with Crippen molar-refractivity contribution in [3.63, 3.8) is 0 Å². The van der Waals surface area contributed by atoms with Gasteiger partial charge in [-0.3, -0.25) is 14.4 Å². The maximum absolute atomic E-state index is 12.8. The second kappa shape index (κ2) is 50.0. The van der Waals surface area contributed by atoms with Gasteiger partial charge in [0, 0.05) is 19.3 Å². The molecule has 0 radical (unpaired) electrons. The lowest BCUT2D eigenvalue weighted by Gasteiger charge is -2.18. The van der Waals surface area contributed by atoms with Crippen LogP contribution in [0.4, 0.5) is 0 Å². The molecule has 0 aliphatic carbocycles. The van der Waals surface area contributed by atoms with Gasteiger partial charge in [-0.25, -0.2) is 0 Å². The maximum Gasteiger partial charge on any atom is 0.306 e. The van der Waals surface area contributed by atoms with Crippen LogP contribution in [0.2, 0.25) is 0 Å². The normalized spacial score (nSPS) is 12.4. The number of ether oxygens (including phenoxy) is 3. The maximum atomic E-state index is 12.8. The molecule has 0 saturated carbocycles. The quantitative estimate of drug-likeness (QED) is 0.0263. The van der Waals surface area contributed by atoms with Crippen LogP contribution in [0.3, 0.4) is 0 Å². The molecule has 0 aliphatic heterocycles. The van der Waals surface area contributed by atoms with Gasteiger partial charge in [0.15, 0.2) is 6.10 Å². The van der Waals surface area contributed by atoms with Gasteiger partial charge in [0.1, 0.15) is 13.2 Å². The summed E-state index contributed by atoms with van der Waals surface area (Å²) in [7, 11) is 0.